The minimum absolute atomic E-state index is 0.0159. The third-order valence-electron chi connectivity index (χ3n) is 4.41. The number of hydrogen-bond acceptors (Lipinski definition) is 3. The summed E-state index contributed by atoms with van der Waals surface area (Å²) in [5.41, 5.74) is 2.38. The lowest BCUT2D eigenvalue weighted by molar-refractivity contribution is 0.0605. The SMILES string of the molecule is Cc1ccc(C2CCCCN2C(=O)c2cccc(C(=O)O)n2)cc1. The van der Waals surface area contributed by atoms with Gasteiger partial charge in [-0.1, -0.05) is 35.9 Å². The highest BCUT2D eigenvalue weighted by atomic mass is 16.4. The molecule has 5 nitrogen and oxygen atoms in total. The lowest BCUT2D eigenvalue weighted by atomic mass is 9.94. The number of carboxylic acid groups (broad SMARTS) is 1. The fourth-order valence-electron chi connectivity index (χ4n) is 3.13. The van der Waals surface area contributed by atoms with E-state index in [0.29, 0.717) is 6.54 Å². The zero-order valence-corrected chi connectivity index (χ0v) is 13.6. The van der Waals surface area contributed by atoms with Crippen LogP contribution in [0.2, 0.25) is 0 Å². The number of hydrogen-bond donors (Lipinski definition) is 1. The van der Waals surface area contributed by atoms with E-state index < -0.39 is 5.97 Å². The Balaban J connectivity index is 1.90. The van der Waals surface area contributed by atoms with Crippen molar-refractivity contribution in [3.05, 3.63) is 65.0 Å². The molecule has 24 heavy (non-hydrogen) atoms. The molecule has 0 aliphatic carbocycles. The second kappa shape index (κ2) is 6.83. The molecule has 1 fully saturated rings. The van der Waals surface area contributed by atoms with Crippen molar-refractivity contribution in [3.8, 4) is 0 Å². The van der Waals surface area contributed by atoms with Crippen LogP contribution in [0.1, 0.15) is 57.4 Å². The summed E-state index contributed by atoms with van der Waals surface area (Å²) in [6.45, 7) is 2.70. The van der Waals surface area contributed by atoms with Gasteiger partial charge in [0.25, 0.3) is 5.91 Å². The number of piperidine rings is 1. The Labute approximate surface area is 140 Å². The van der Waals surface area contributed by atoms with Gasteiger partial charge < -0.3 is 10.0 Å². The molecule has 1 aliphatic rings. The molecule has 2 heterocycles. The van der Waals surface area contributed by atoms with Crippen molar-refractivity contribution < 1.29 is 14.7 Å². The fraction of sp³-hybridized carbons (Fsp3) is 0.316. The average molecular weight is 324 g/mol. The molecular formula is C19H20N2O3. The van der Waals surface area contributed by atoms with E-state index in [4.69, 9.17) is 5.11 Å². The highest BCUT2D eigenvalue weighted by Gasteiger charge is 2.29. The number of aryl methyl sites for hydroxylation is 1. The number of carbonyl (C=O) groups is 2. The predicted molar refractivity (Wildman–Crippen MR) is 90.0 cm³/mol. The lowest BCUT2D eigenvalue weighted by Gasteiger charge is -2.36. The van der Waals surface area contributed by atoms with Crippen LogP contribution < -0.4 is 0 Å². The summed E-state index contributed by atoms with van der Waals surface area (Å²) >= 11 is 0. The van der Waals surface area contributed by atoms with Crippen LogP contribution in [0.25, 0.3) is 0 Å². The molecule has 1 amide bonds. The molecule has 0 bridgehead atoms. The first-order chi connectivity index (χ1) is 11.6. The van der Waals surface area contributed by atoms with Crippen LogP contribution in [-0.4, -0.2) is 33.4 Å². The van der Waals surface area contributed by atoms with E-state index in [9.17, 15) is 9.59 Å². The topological polar surface area (TPSA) is 70.5 Å². The second-order valence-electron chi connectivity index (χ2n) is 6.13. The van der Waals surface area contributed by atoms with Gasteiger partial charge in [0.15, 0.2) is 0 Å². The first-order valence-corrected chi connectivity index (χ1v) is 8.14. The molecule has 1 N–H and O–H groups in total. The molecule has 124 valence electrons. The van der Waals surface area contributed by atoms with Crippen LogP contribution in [0.4, 0.5) is 0 Å². The number of rotatable bonds is 3. The largest absolute Gasteiger partial charge is 0.477 e. The van der Waals surface area contributed by atoms with E-state index in [1.54, 1.807) is 12.1 Å². The lowest BCUT2D eigenvalue weighted by Crippen LogP contribution is -2.39. The van der Waals surface area contributed by atoms with Gasteiger partial charge >= 0.3 is 5.97 Å². The van der Waals surface area contributed by atoms with Crippen LogP contribution in [0.5, 0.6) is 0 Å². The zero-order valence-electron chi connectivity index (χ0n) is 13.6. The van der Waals surface area contributed by atoms with Crippen molar-refractivity contribution in [1.29, 1.82) is 0 Å². The van der Waals surface area contributed by atoms with Crippen molar-refractivity contribution >= 4 is 11.9 Å². The molecule has 1 aromatic carbocycles. The fourth-order valence-corrected chi connectivity index (χ4v) is 3.13. The Morgan fingerprint density at radius 3 is 2.50 bits per heavy atom. The van der Waals surface area contributed by atoms with Gasteiger partial charge in [-0.05, 0) is 43.9 Å². The number of carboxylic acids is 1. The van der Waals surface area contributed by atoms with Crippen LogP contribution in [0.15, 0.2) is 42.5 Å². The van der Waals surface area contributed by atoms with Crippen molar-refractivity contribution in [3.63, 3.8) is 0 Å². The quantitative estimate of drug-likeness (QED) is 0.938. The molecule has 1 saturated heterocycles. The molecule has 0 radical (unpaired) electrons. The highest BCUT2D eigenvalue weighted by Crippen LogP contribution is 2.32. The molecular weight excluding hydrogens is 304 g/mol. The number of amides is 1. The van der Waals surface area contributed by atoms with Gasteiger partial charge in [-0.15, -0.1) is 0 Å². The van der Waals surface area contributed by atoms with Crippen molar-refractivity contribution in [1.82, 2.24) is 9.88 Å². The number of aromatic nitrogens is 1. The maximum atomic E-state index is 12.9. The molecule has 2 aromatic rings. The number of pyridine rings is 1. The van der Waals surface area contributed by atoms with Gasteiger partial charge in [0.2, 0.25) is 0 Å². The first-order valence-electron chi connectivity index (χ1n) is 8.14. The van der Waals surface area contributed by atoms with Gasteiger partial charge in [-0.3, -0.25) is 4.79 Å². The van der Waals surface area contributed by atoms with Crippen LogP contribution in [0.3, 0.4) is 0 Å². The maximum Gasteiger partial charge on any atom is 0.354 e. The molecule has 1 aliphatic heterocycles. The Morgan fingerprint density at radius 1 is 1.08 bits per heavy atom. The Bertz CT molecular complexity index is 755. The Morgan fingerprint density at radius 2 is 1.79 bits per heavy atom. The number of carbonyl (C=O) groups excluding carboxylic acids is 1. The monoisotopic (exact) mass is 324 g/mol. The first kappa shape index (κ1) is 16.2. The van der Waals surface area contributed by atoms with Crippen LogP contribution >= 0.6 is 0 Å². The minimum Gasteiger partial charge on any atom is -0.477 e. The zero-order chi connectivity index (χ0) is 17.1. The van der Waals surface area contributed by atoms with E-state index in [-0.39, 0.29) is 23.3 Å². The normalized spacial score (nSPS) is 17.5. The smallest absolute Gasteiger partial charge is 0.354 e. The summed E-state index contributed by atoms with van der Waals surface area (Å²) in [6.07, 6.45) is 2.94. The summed E-state index contributed by atoms with van der Waals surface area (Å²) in [7, 11) is 0. The summed E-state index contributed by atoms with van der Waals surface area (Å²) in [6, 6.07) is 12.8. The van der Waals surface area contributed by atoms with Gasteiger partial charge in [0.1, 0.15) is 11.4 Å². The second-order valence-corrected chi connectivity index (χ2v) is 6.13. The van der Waals surface area contributed by atoms with Gasteiger partial charge in [0.05, 0.1) is 6.04 Å². The number of aromatic carboxylic acids is 1. The summed E-state index contributed by atoms with van der Waals surface area (Å²) in [4.78, 5) is 29.8. The van der Waals surface area contributed by atoms with Gasteiger partial charge in [-0.25, -0.2) is 9.78 Å². The highest BCUT2D eigenvalue weighted by molar-refractivity contribution is 5.94. The van der Waals surface area contributed by atoms with E-state index in [2.05, 4.69) is 29.2 Å². The van der Waals surface area contributed by atoms with Gasteiger partial charge in [0, 0.05) is 6.54 Å². The maximum absolute atomic E-state index is 12.9. The molecule has 1 aromatic heterocycles. The van der Waals surface area contributed by atoms with Crippen molar-refractivity contribution in [2.75, 3.05) is 6.54 Å². The Kier molecular flexibility index (Phi) is 4.60. The molecule has 0 saturated carbocycles. The van der Waals surface area contributed by atoms with Crippen molar-refractivity contribution in [2.45, 2.75) is 32.2 Å². The number of likely N-dealkylation sites (tertiary alicyclic amines) is 1. The van der Waals surface area contributed by atoms with E-state index >= 15 is 0 Å². The van der Waals surface area contributed by atoms with E-state index in [1.807, 2.05) is 11.8 Å². The molecule has 5 heteroatoms. The molecule has 1 atom stereocenters. The van der Waals surface area contributed by atoms with E-state index in [1.165, 1.54) is 11.6 Å². The summed E-state index contributed by atoms with van der Waals surface area (Å²) in [5, 5.41) is 9.07. The molecule has 3 rings (SSSR count). The Hall–Kier alpha value is -2.69. The third kappa shape index (κ3) is 3.30. The summed E-state index contributed by atoms with van der Waals surface area (Å²) < 4.78 is 0. The van der Waals surface area contributed by atoms with E-state index in [0.717, 1.165) is 24.8 Å². The molecule has 1 unspecified atom stereocenters. The average Bonchev–Trinajstić information content (AvgIpc) is 2.62. The van der Waals surface area contributed by atoms with Crippen LogP contribution in [-0.2, 0) is 0 Å². The molecule has 0 spiro atoms. The van der Waals surface area contributed by atoms with Gasteiger partial charge in [-0.2, -0.15) is 0 Å². The standard InChI is InChI=1S/C19H20N2O3/c1-13-8-10-14(11-9-13)17-7-2-3-12-21(17)18(22)15-5-4-6-16(20-15)19(23)24/h4-6,8-11,17H,2-3,7,12H2,1H3,(H,23,24). The minimum atomic E-state index is -1.13. The van der Waals surface area contributed by atoms with Crippen LogP contribution in [0, 0.1) is 6.92 Å². The predicted octanol–water partition coefficient (Wildman–Crippen LogP) is 3.46. The third-order valence-corrected chi connectivity index (χ3v) is 4.41. The number of nitrogens with zero attached hydrogens (tertiary/aromatic N) is 2. The van der Waals surface area contributed by atoms with Crippen molar-refractivity contribution in [2.24, 2.45) is 0 Å². The summed E-state index contributed by atoms with van der Waals surface area (Å²) in [5.74, 6) is -1.33. The number of benzene rings is 1.